The number of nitrogens with zero attached hydrogens (tertiary/aromatic N) is 1. The number of rotatable bonds is 1. The second-order valence-corrected chi connectivity index (χ2v) is 4.02. The van der Waals surface area contributed by atoms with Crippen LogP contribution in [0.25, 0.3) is 10.9 Å². The zero-order valence-corrected chi connectivity index (χ0v) is 9.45. The van der Waals surface area contributed by atoms with Crippen molar-refractivity contribution < 1.29 is 4.39 Å². The SMILES string of the molecule is NCc1ccc2ccc(F)c(I)c2n1. The summed E-state index contributed by atoms with van der Waals surface area (Å²) in [7, 11) is 0. The van der Waals surface area contributed by atoms with Crippen molar-refractivity contribution in [2.75, 3.05) is 0 Å². The standard InChI is InChI=1S/C10H8FIN2/c11-8-4-2-6-1-3-7(5-13)14-10(6)9(8)12/h1-4H,5,13H2. The quantitative estimate of drug-likeness (QED) is 0.822. The predicted octanol–water partition coefficient (Wildman–Crippen LogP) is 2.44. The van der Waals surface area contributed by atoms with Gasteiger partial charge in [0.2, 0.25) is 0 Å². The van der Waals surface area contributed by atoms with Gasteiger partial charge in [0, 0.05) is 11.9 Å². The molecular weight excluding hydrogens is 294 g/mol. The Morgan fingerprint density at radius 2 is 2.00 bits per heavy atom. The van der Waals surface area contributed by atoms with Gasteiger partial charge in [0.15, 0.2) is 0 Å². The lowest BCUT2D eigenvalue weighted by molar-refractivity contribution is 0.622. The number of hydrogen-bond acceptors (Lipinski definition) is 2. The minimum absolute atomic E-state index is 0.236. The number of benzene rings is 1. The lowest BCUT2D eigenvalue weighted by Crippen LogP contribution is -2.00. The highest BCUT2D eigenvalue weighted by molar-refractivity contribution is 14.1. The Hall–Kier alpha value is -0.750. The van der Waals surface area contributed by atoms with E-state index in [1.54, 1.807) is 6.07 Å². The summed E-state index contributed by atoms with van der Waals surface area (Å²) in [5.41, 5.74) is 6.94. The molecule has 1 aromatic heterocycles. The normalized spacial score (nSPS) is 10.8. The number of hydrogen-bond donors (Lipinski definition) is 1. The Kier molecular flexibility index (Phi) is 2.64. The first-order valence-electron chi connectivity index (χ1n) is 4.16. The summed E-state index contributed by atoms with van der Waals surface area (Å²) in [6.07, 6.45) is 0. The van der Waals surface area contributed by atoms with Gasteiger partial charge in [-0.1, -0.05) is 6.07 Å². The summed E-state index contributed by atoms with van der Waals surface area (Å²) in [5, 5.41) is 0.938. The van der Waals surface area contributed by atoms with Gasteiger partial charge < -0.3 is 5.73 Å². The molecule has 0 spiro atoms. The van der Waals surface area contributed by atoms with Crippen molar-refractivity contribution in [3.63, 3.8) is 0 Å². The van der Waals surface area contributed by atoms with Crippen molar-refractivity contribution in [3.05, 3.63) is 39.3 Å². The number of nitrogens with two attached hydrogens (primary N) is 1. The molecule has 0 atom stereocenters. The van der Waals surface area contributed by atoms with Gasteiger partial charge in [-0.25, -0.2) is 4.39 Å². The van der Waals surface area contributed by atoms with E-state index in [1.807, 2.05) is 34.7 Å². The van der Waals surface area contributed by atoms with Crippen LogP contribution < -0.4 is 5.73 Å². The van der Waals surface area contributed by atoms with Crippen molar-refractivity contribution in [2.24, 2.45) is 5.73 Å². The summed E-state index contributed by atoms with van der Waals surface area (Å²) < 4.78 is 13.8. The molecule has 0 unspecified atom stereocenters. The Labute approximate surface area is 94.5 Å². The monoisotopic (exact) mass is 302 g/mol. The van der Waals surface area contributed by atoms with E-state index in [0.717, 1.165) is 11.1 Å². The van der Waals surface area contributed by atoms with Crippen molar-refractivity contribution >= 4 is 33.5 Å². The van der Waals surface area contributed by atoms with Crippen LogP contribution in [0.1, 0.15) is 5.69 Å². The highest BCUT2D eigenvalue weighted by atomic mass is 127. The number of aromatic nitrogens is 1. The molecule has 2 rings (SSSR count). The summed E-state index contributed by atoms with van der Waals surface area (Å²) in [5.74, 6) is -0.236. The maximum Gasteiger partial charge on any atom is 0.138 e. The average molecular weight is 302 g/mol. The van der Waals surface area contributed by atoms with E-state index in [4.69, 9.17) is 5.73 Å². The fourth-order valence-electron chi connectivity index (χ4n) is 1.28. The van der Waals surface area contributed by atoms with E-state index in [2.05, 4.69) is 4.98 Å². The molecule has 1 heterocycles. The van der Waals surface area contributed by atoms with E-state index in [1.165, 1.54) is 6.07 Å². The molecule has 0 saturated carbocycles. The lowest BCUT2D eigenvalue weighted by Gasteiger charge is -2.03. The maximum absolute atomic E-state index is 13.2. The largest absolute Gasteiger partial charge is 0.325 e. The van der Waals surface area contributed by atoms with E-state index in [0.29, 0.717) is 15.6 Å². The van der Waals surface area contributed by atoms with Crippen molar-refractivity contribution in [1.82, 2.24) is 4.98 Å². The van der Waals surface area contributed by atoms with Crippen LogP contribution in [0.4, 0.5) is 4.39 Å². The zero-order chi connectivity index (χ0) is 10.1. The molecule has 72 valence electrons. The Bertz CT molecular complexity index is 485. The molecule has 0 aliphatic carbocycles. The van der Waals surface area contributed by atoms with Crippen LogP contribution >= 0.6 is 22.6 Å². The first kappa shape index (κ1) is 9.79. The summed E-state index contributed by atoms with van der Waals surface area (Å²) in [4.78, 5) is 4.28. The molecule has 0 radical (unpaired) electrons. The molecule has 14 heavy (non-hydrogen) atoms. The van der Waals surface area contributed by atoms with E-state index >= 15 is 0 Å². The Balaban J connectivity index is 2.78. The van der Waals surface area contributed by atoms with Crippen LogP contribution in [0, 0.1) is 9.39 Å². The van der Waals surface area contributed by atoms with Crippen LogP contribution in [0.3, 0.4) is 0 Å². The van der Waals surface area contributed by atoms with Crippen LogP contribution in [0.5, 0.6) is 0 Å². The second-order valence-electron chi connectivity index (χ2n) is 2.94. The first-order valence-corrected chi connectivity index (χ1v) is 5.24. The van der Waals surface area contributed by atoms with Crippen LogP contribution in [0.15, 0.2) is 24.3 Å². The maximum atomic E-state index is 13.2. The number of halogens is 2. The van der Waals surface area contributed by atoms with Gasteiger partial charge >= 0.3 is 0 Å². The fraction of sp³-hybridized carbons (Fsp3) is 0.100. The molecule has 2 nitrogen and oxygen atoms in total. The molecule has 0 aliphatic heterocycles. The van der Waals surface area contributed by atoms with Crippen molar-refractivity contribution in [3.8, 4) is 0 Å². The number of fused-ring (bicyclic) bond motifs is 1. The average Bonchev–Trinajstić information content (AvgIpc) is 2.23. The van der Waals surface area contributed by atoms with Gasteiger partial charge in [-0.05, 0) is 40.8 Å². The van der Waals surface area contributed by atoms with Gasteiger partial charge in [-0.15, -0.1) is 0 Å². The summed E-state index contributed by atoms with van der Waals surface area (Å²) in [6, 6.07) is 6.94. The van der Waals surface area contributed by atoms with Crippen molar-refractivity contribution in [1.29, 1.82) is 0 Å². The lowest BCUT2D eigenvalue weighted by atomic mass is 10.2. The molecule has 0 fully saturated rings. The summed E-state index contributed by atoms with van der Waals surface area (Å²) >= 11 is 1.96. The molecule has 0 aliphatic rings. The highest BCUT2D eigenvalue weighted by Gasteiger charge is 2.05. The van der Waals surface area contributed by atoms with Gasteiger partial charge in [0.25, 0.3) is 0 Å². The van der Waals surface area contributed by atoms with Crippen molar-refractivity contribution in [2.45, 2.75) is 6.54 Å². The zero-order valence-electron chi connectivity index (χ0n) is 7.30. The molecule has 0 bridgehead atoms. The topological polar surface area (TPSA) is 38.9 Å². The van der Waals surface area contributed by atoms with Crippen LogP contribution in [-0.4, -0.2) is 4.98 Å². The van der Waals surface area contributed by atoms with E-state index < -0.39 is 0 Å². The van der Waals surface area contributed by atoms with E-state index in [-0.39, 0.29) is 5.82 Å². The second kappa shape index (κ2) is 3.78. The highest BCUT2D eigenvalue weighted by Crippen LogP contribution is 2.21. The van der Waals surface area contributed by atoms with Gasteiger partial charge in [-0.3, -0.25) is 4.98 Å². The van der Waals surface area contributed by atoms with Crippen LogP contribution in [-0.2, 0) is 6.54 Å². The van der Waals surface area contributed by atoms with Gasteiger partial charge in [0.1, 0.15) is 5.82 Å². The third-order valence-electron chi connectivity index (χ3n) is 2.02. The molecule has 2 N–H and O–H groups in total. The molecule has 2 aromatic rings. The summed E-state index contributed by atoms with van der Waals surface area (Å²) in [6.45, 7) is 0.378. The van der Waals surface area contributed by atoms with Crippen LogP contribution in [0.2, 0.25) is 0 Å². The molecule has 0 amide bonds. The third kappa shape index (κ3) is 1.59. The molecule has 1 aromatic carbocycles. The third-order valence-corrected chi connectivity index (χ3v) is 3.05. The molecule has 4 heteroatoms. The fourth-order valence-corrected chi connectivity index (χ4v) is 1.90. The molecule has 0 saturated heterocycles. The molecular formula is C10H8FIN2. The minimum atomic E-state index is -0.236. The van der Waals surface area contributed by atoms with E-state index in [9.17, 15) is 4.39 Å². The van der Waals surface area contributed by atoms with Gasteiger partial charge in [0.05, 0.1) is 14.8 Å². The van der Waals surface area contributed by atoms with Gasteiger partial charge in [-0.2, -0.15) is 0 Å². The number of pyridine rings is 1. The first-order chi connectivity index (χ1) is 6.72. The Morgan fingerprint density at radius 3 is 2.71 bits per heavy atom. The predicted molar refractivity (Wildman–Crippen MR) is 62.3 cm³/mol. The minimum Gasteiger partial charge on any atom is -0.325 e. The Morgan fingerprint density at radius 1 is 1.29 bits per heavy atom. The smallest absolute Gasteiger partial charge is 0.138 e.